The molecule has 0 bridgehead atoms. The van der Waals surface area contributed by atoms with E-state index in [2.05, 4.69) is 21.2 Å². The van der Waals surface area contributed by atoms with Crippen LogP contribution in [0.25, 0.3) is 0 Å². The van der Waals surface area contributed by atoms with Crippen molar-refractivity contribution in [3.63, 3.8) is 0 Å². The highest BCUT2D eigenvalue weighted by atomic mass is 79.9. The maximum absolute atomic E-state index is 13.6. The van der Waals surface area contributed by atoms with Gasteiger partial charge < -0.3 is 5.32 Å². The Balaban J connectivity index is 1.97. The number of benzene rings is 2. The third-order valence-electron chi connectivity index (χ3n) is 3.23. The predicted molar refractivity (Wildman–Crippen MR) is 80.5 cm³/mol. The van der Waals surface area contributed by atoms with Gasteiger partial charge in [-0.05, 0) is 43.2 Å². The van der Waals surface area contributed by atoms with Gasteiger partial charge in [-0.3, -0.25) is 0 Å². The van der Waals surface area contributed by atoms with Gasteiger partial charge in [0.05, 0.1) is 0 Å². The molecular formula is C16H15BrF3N. The molecular weight excluding hydrogens is 343 g/mol. The fraction of sp³-hybridized carbons (Fsp3) is 0.250. The quantitative estimate of drug-likeness (QED) is 0.825. The van der Waals surface area contributed by atoms with Crippen LogP contribution in [0.3, 0.4) is 0 Å². The molecule has 0 radical (unpaired) electrons. The van der Waals surface area contributed by atoms with Crippen LogP contribution >= 0.6 is 15.9 Å². The monoisotopic (exact) mass is 357 g/mol. The van der Waals surface area contributed by atoms with Gasteiger partial charge in [-0.25, -0.2) is 13.2 Å². The Bertz CT molecular complexity index is 611. The first-order valence-electron chi connectivity index (χ1n) is 6.57. The molecule has 0 spiro atoms. The van der Waals surface area contributed by atoms with Crippen molar-refractivity contribution in [2.24, 2.45) is 0 Å². The minimum absolute atomic E-state index is 0.0793. The highest BCUT2D eigenvalue weighted by molar-refractivity contribution is 9.10. The first-order valence-corrected chi connectivity index (χ1v) is 7.37. The number of nitrogens with one attached hydrogen (secondary N) is 1. The van der Waals surface area contributed by atoms with Crippen molar-refractivity contribution in [2.75, 3.05) is 0 Å². The van der Waals surface area contributed by atoms with E-state index in [0.717, 1.165) is 5.56 Å². The highest BCUT2D eigenvalue weighted by Crippen LogP contribution is 2.18. The van der Waals surface area contributed by atoms with Gasteiger partial charge in [-0.15, -0.1) is 0 Å². The predicted octanol–water partition coefficient (Wildman–Crippen LogP) is 4.59. The Labute approximate surface area is 130 Å². The van der Waals surface area contributed by atoms with Crippen molar-refractivity contribution in [2.45, 2.75) is 25.9 Å². The van der Waals surface area contributed by atoms with E-state index >= 15 is 0 Å². The summed E-state index contributed by atoms with van der Waals surface area (Å²) in [5.41, 5.74) is 0.966. The summed E-state index contributed by atoms with van der Waals surface area (Å²) in [6.07, 6.45) is 0.247. The van der Waals surface area contributed by atoms with E-state index in [-0.39, 0.29) is 23.8 Å². The third kappa shape index (κ3) is 4.32. The van der Waals surface area contributed by atoms with E-state index in [1.807, 2.05) is 6.92 Å². The van der Waals surface area contributed by atoms with Crippen LogP contribution in [0.5, 0.6) is 0 Å². The zero-order valence-electron chi connectivity index (χ0n) is 11.5. The molecule has 112 valence electrons. The van der Waals surface area contributed by atoms with Crippen molar-refractivity contribution in [1.82, 2.24) is 5.32 Å². The van der Waals surface area contributed by atoms with Crippen molar-refractivity contribution in [1.29, 1.82) is 0 Å². The maximum atomic E-state index is 13.6. The average Bonchev–Trinajstić information content (AvgIpc) is 2.42. The summed E-state index contributed by atoms with van der Waals surface area (Å²) in [7, 11) is 0. The Kier molecular flexibility index (Phi) is 5.42. The SMILES string of the molecule is CC(Cc1c(F)cccc1F)NCc1ccc(F)cc1Br. The first-order chi connectivity index (χ1) is 9.97. The van der Waals surface area contributed by atoms with Gasteiger partial charge in [0.1, 0.15) is 17.5 Å². The van der Waals surface area contributed by atoms with E-state index < -0.39 is 11.6 Å². The number of halogens is 4. The summed E-state index contributed by atoms with van der Waals surface area (Å²) in [5.74, 6) is -1.38. The van der Waals surface area contributed by atoms with Gasteiger partial charge in [0.25, 0.3) is 0 Å². The van der Waals surface area contributed by atoms with E-state index in [9.17, 15) is 13.2 Å². The number of rotatable bonds is 5. The minimum atomic E-state index is -0.536. The van der Waals surface area contributed by atoms with E-state index in [1.165, 1.54) is 30.3 Å². The molecule has 1 N–H and O–H groups in total. The van der Waals surface area contributed by atoms with Crippen molar-refractivity contribution in [3.8, 4) is 0 Å². The van der Waals surface area contributed by atoms with Crippen molar-refractivity contribution >= 4 is 15.9 Å². The van der Waals surface area contributed by atoms with Gasteiger partial charge in [-0.2, -0.15) is 0 Å². The second-order valence-electron chi connectivity index (χ2n) is 4.92. The molecule has 0 aliphatic rings. The lowest BCUT2D eigenvalue weighted by atomic mass is 10.1. The lowest BCUT2D eigenvalue weighted by Gasteiger charge is -2.15. The molecule has 5 heteroatoms. The molecule has 2 aromatic rings. The minimum Gasteiger partial charge on any atom is -0.310 e. The molecule has 0 aromatic heterocycles. The van der Waals surface area contributed by atoms with E-state index in [1.54, 1.807) is 6.07 Å². The molecule has 0 aliphatic heterocycles. The second kappa shape index (κ2) is 7.09. The van der Waals surface area contributed by atoms with Crippen LogP contribution in [0.4, 0.5) is 13.2 Å². The molecule has 0 heterocycles. The number of hydrogen-bond donors (Lipinski definition) is 1. The largest absolute Gasteiger partial charge is 0.310 e. The molecule has 0 amide bonds. The average molecular weight is 358 g/mol. The van der Waals surface area contributed by atoms with E-state index in [4.69, 9.17) is 0 Å². The van der Waals surface area contributed by atoms with Crippen LogP contribution in [-0.4, -0.2) is 6.04 Å². The molecule has 2 aromatic carbocycles. The van der Waals surface area contributed by atoms with Crippen LogP contribution in [0.2, 0.25) is 0 Å². The van der Waals surface area contributed by atoms with Crippen LogP contribution in [-0.2, 0) is 13.0 Å². The van der Waals surface area contributed by atoms with Gasteiger partial charge >= 0.3 is 0 Å². The maximum Gasteiger partial charge on any atom is 0.129 e. The highest BCUT2D eigenvalue weighted by Gasteiger charge is 2.12. The number of hydrogen-bond acceptors (Lipinski definition) is 1. The summed E-state index contributed by atoms with van der Waals surface area (Å²) < 4.78 is 40.8. The Morgan fingerprint density at radius 2 is 1.76 bits per heavy atom. The van der Waals surface area contributed by atoms with Gasteiger partial charge in [0, 0.05) is 22.6 Å². The summed E-state index contributed by atoms with van der Waals surface area (Å²) in [6, 6.07) is 8.17. The Morgan fingerprint density at radius 3 is 2.38 bits per heavy atom. The van der Waals surface area contributed by atoms with Crippen molar-refractivity contribution in [3.05, 3.63) is 69.4 Å². The standard InChI is InChI=1S/C16H15BrF3N/c1-10(7-13-15(19)3-2-4-16(13)20)21-9-11-5-6-12(18)8-14(11)17/h2-6,8,10,21H,7,9H2,1H3. The molecule has 0 saturated heterocycles. The summed E-state index contributed by atoms with van der Waals surface area (Å²) >= 11 is 3.29. The summed E-state index contributed by atoms with van der Waals surface area (Å²) in [5, 5.41) is 3.18. The molecule has 0 fully saturated rings. The van der Waals surface area contributed by atoms with Gasteiger partial charge in [-0.1, -0.05) is 28.1 Å². The topological polar surface area (TPSA) is 12.0 Å². The molecule has 2 rings (SSSR count). The lowest BCUT2D eigenvalue weighted by Crippen LogP contribution is -2.28. The fourth-order valence-electron chi connectivity index (χ4n) is 2.05. The smallest absolute Gasteiger partial charge is 0.129 e. The zero-order chi connectivity index (χ0) is 15.4. The Hall–Kier alpha value is -1.33. The third-order valence-corrected chi connectivity index (χ3v) is 3.97. The molecule has 0 saturated carbocycles. The molecule has 1 unspecified atom stereocenters. The molecule has 1 atom stereocenters. The lowest BCUT2D eigenvalue weighted by molar-refractivity contribution is 0.498. The zero-order valence-corrected chi connectivity index (χ0v) is 13.1. The first kappa shape index (κ1) is 16.0. The van der Waals surface area contributed by atoms with Crippen LogP contribution in [0.1, 0.15) is 18.1 Å². The molecule has 0 aliphatic carbocycles. The molecule has 1 nitrogen and oxygen atoms in total. The normalized spacial score (nSPS) is 12.4. The second-order valence-corrected chi connectivity index (χ2v) is 5.78. The van der Waals surface area contributed by atoms with E-state index in [0.29, 0.717) is 11.0 Å². The van der Waals surface area contributed by atoms with Gasteiger partial charge in [0.15, 0.2) is 0 Å². The van der Waals surface area contributed by atoms with Crippen LogP contribution in [0.15, 0.2) is 40.9 Å². The fourth-order valence-corrected chi connectivity index (χ4v) is 2.55. The Morgan fingerprint density at radius 1 is 1.10 bits per heavy atom. The van der Waals surface area contributed by atoms with Crippen molar-refractivity contribution < 1.29 is 13.2 Å². The summed E-state index contributed by atoms with van der Waals surface area (Å²) in [6.45, 7) is 2.33. The van der Waals surface area contributed by atoms with Gasteiger partial charge in [0.2, 0.25) is 0 Å². The summed E-state index contributed by atoms with van der Waals surface area (Å²) in [4.78, 5) is 0. The van der Waals surface area contributed by atoms with Crippen LogP contribution < -0.4 is 5.32 Å². The molecule has 21 heavy (non-hydrogen) atoms. The van der Waals surface area contributed by atoms with Crippen LogP contribution in [0, 0.1) is 17.5 Å².